The first-order valence-corrected chi connectivity index (χ1v) is 4.97. The van der Waals surface area contributed by atoms with Gasteiger partial charge in [0.15, 0.2) is 0 Å². The fourth-order valence-electron chi connectivity index (χ4n) is 1.60. The van der Waals surface area contributed by atoms with Gasteiger partial charge in [-0.2, -0.15) is 0 Å². The van der Waals surface area contributed by atoms with Gasteiger partial charge in [-0.15, -0.1) is 0 Å². The van der Waals surface area contributed by atoms with Crippen LogP contribution < -0.4 is 5.63 Å². The van der Waals surface area contributed by atoms with Gasteiger partial charge in [0.05, 0.1) is 10.3 Å². The molecule has 0 atom stereocenters. The molecule has 0 amide bonds. The van der Waals surface area contributed by atoms with Crippen molar-refractivity contribution in [1.29, 1.82) is 0 Å². The lowest BCUT2D eigenvalue weighted by atomic mass is 10.1. The number of hydrogen-bond acceptors (Lipinski definition) is 5. The fraction of sp³-hybridized carbons (Fsp3) is 0.182. The molecular formula is C11H9NO5. The molecule has 1 aromatic carbocycles. The van der Waals surface area contributed by atoms with Gasteiger partial charge in [0.25, 0.3) is 0 Å². The van der Waals surface area contributed by atoms with Crippen LogP contribution >= 0.6 is 0 Å². The van der Waals surface area contributed by atoms with Crippen LogP contribution in [0.2, 0.25) is 0 Å². The molecule has 2 aromatic rings. The predicted octanol–water partition coefficient (Wildman–Crippen LogP) is 1.97. The molecule has 0 aliphatic rings. The monoisotopic (exact) mass is 235 g/mol. The van der Waals surface area contributed by atoms with Crippen molar-refractivity contribution in [2.45, 2.75) is 13.3 Å². The van der Waals surface area contributed by atoms with E-state index < -0.39 is 22.0 Å². The number of nitrogens with zero attached hydrogens (tertiary/aromatic N) is 1. The highest BCUT2D eigenvalue weighted by Gasteiger charge is 2.24. The van der Waals surface area contributed by atoms with Crippen LogP contribution in [-0.2, 0) is 6.42 Å². The van der Waals surface area contributed by atoms with E-state index in [1.807, 2.05) is 6.92 Å². The van der Waals surface area contributed by atoms with E-state index in [1.165, 1.54) is 6.07 Å². The molecule has 88 valence electrons. The second-order valence-electron chi connectivity index (χ2n) is 3.53. The van der Waals surface area contributed by atoms with Crippen molar-refractivity contribution in [1.82, 2.24) is 0 Å². The van der Waals surface area contributed by atoms with Gasteiger partial charge in [-0.25, -0.2) is 4.79 Å². The Hall–Kier alpha value is -2.37. The maximum atomic E-state index is 11.3. The highest BCUT2D eigenvalue weighted by Crippen LogP contribution is 2.31. The van der Waals surface area contributed by atoms with E-state index in [-0.39, 0.29) is 11.0 Å². The quantitative estimate of drug-likeness (QED) is 0.488. The molecule has 17 heavy (non-hydrogen) atoms. The summed E-state index contributed by atoms with van der Waals surface area (Å²) in [6, 6.07) is 4.82. The van der Waals surface area contributed by atoms with Crippen LogP contribution in [0, 0.1) is 10.1 Å². The Kier molecular flexibility index (Phi) is 2.55. The van der Waals surface area contributed by atoms with Crippen LogP contribution in [-0.4, -0.2) is 10.0 Å². The summed E-state index contributed by atoms with van der Waals surface area (Å²) in [6.07, 6.45) is 0.711. The van der Waals surface area contributed by atoms with Gasteiger partial charge in [0, 0.05) is 0 Å². The molecule has 0 aliphatic carbocycles. The van der Waals surface area contributed by atoms with E-state index in [0.29, 0.717) is 6.42 Å². The summed E-state index contributed by atoms with van der Waals surface area (Å²) >= 11 is 0. The Morgan fingerprint density at radius 3 is 2.76 bits per heavy atom. The minimum atomic E-state index is -1.15. The van der Waals surface area contributed by atoms with Gasteiger partial charge in [-0.3, -0.25) is 10.1 Å². The zero-order chi connectivity index (χ0) is 12.6. The number of rotatable bonds is 2. The predicted molar refractivity (Wildman–Crippen MR) is 60.2 cm³/mol. The lowest BCUT2D eigenvalue weighted by Gasteiger charge is -2.02. The largest absolute Gasteiger partial charge is 0.501 e. The Labute approximate surface area is 95.3 Å². The molecule has 1 N–H and O–H groups in total. The number of hydrogen-bond donors (Lipinski definition) is 1. The summed E-state index contributed by atoms with van der Waals surface area (Å²) in [4.78, 5) is 21.0. The molecule has 0 saturated carbocycles. The van der Waals surface area contributed by atoms with Gasteiger partial charge in [0.2, 0.25) is 5.75 Å². The third-order valence-electron chi connectivity index (χ3n) is 2.51. The number of fused-ring (bicyclic) bond motifs is 1. The molecule has 0 saturated heterocycles. The van der Waals surface area contributed by atoms with Crippen LogP contribution in [0.3, 0.4) is 0 Å². The first kappa shape index (κ1) is 11.1. The van der Waals surface area contributed by atoms with Crippen molar-refractivity contribution in [3.05, 3.63) is 44.3 Å². The summed E-state index contributed by atoms with van der Waals surface area (Å²) in [5, 5.41) is 20.5. The molecule has 2 rings (SSSR count). The van der Waals surface area contributed by atoms with Crippen molar-refractivity contribution < 1.29 is 14.4 Å². The second-order valence-corrected chi connectivity index (χ2v) is 3.53. The lowest BCUT2D eigenvalue weighted by Crippen LogP contribution is -2.06. The van der Waals surface area contributed by atoms with Gasteiger partial charge in [0.1, 0.15) is 5.58 Å². The molecule has 6 nitrogen and oxygen atoms in total. The topological polar surface area (TPSA) is 93.6 Å². The highest BCUT2D eigenvalue weighted by molar-refractivity contribution is 5.86. The Morgan fingerprint density at radius 1 is 1.47 bits per heavy atom. The molecule has 0 radical (unpaired) electrons. The van der Waals surface area contributed by atoms with E-state index >= 15 is 0 Å². The molecule has 0 bridgehead atoms. The van der Waals surface area contributed by atoms with E-state index in [9.17, 15) is 20.0 Å². The van der Waals surface area contributed by atoms with Crippen molar-refractivity contribution in [2.75, 3.05) is 0 Å². The van der Waals surface area contributed by atoms with E-state index in [1.54, 1.807) is 12.1 Å². The summed E-state index contributed by atoms with van der Waals surface area (Å²) in [5.74, 6) is -0.642. The summed E-state index contributed by atoms with van der Waals surface area (Å²) in [5.41, 5.74) is -1.05. The van der Waals surface area contributed by atoms with Gasteiger partial charge >= 0.3 is 11.3 Å². The van der Waals surface area contributed by atoms with Crippen LogP contribution in [0.1, 0.15) is 12.5 Å². The molecule has 0 aliphatic heterocycles. The Morgan fingerprint density at radius 2 is 2.18 bits per heavy atom. The minimum absolute atomic E-state index is 0.135. The first-order valence-electron chi connectivity index (χ1n) is 4.97. The molecular weight excluding hydrogens is 226 g/mol. The van der Waals surface area contributed by atoms with Crippen molar-refractivity contribution in [3.8, 4) is 5.75 Å². The third kappa shape index (κ3) is 1.73. The van der Waals surface area contributed by atoms with Gasteiger partial charge in [-0.05, 0) is 24.1 Å². The highest BCUT2D eigenvalue weighted by atomic mass is 16.6. The number of aromatic hydroxyl groups is 1. The van der Waals surface area contributed by atoms with E-state index in [2.05, 4.69) is 0 Å². The zero-order valence-corrected chi connectivity index (χ0v) is 8.97. The maximum absolute atomic E-state index is 11.3. The van der Waals surface area contributed by atoms with Gasteiger partial charge in [-0.1, -0.05) is 13.0 Å². The molecule has 1 heterocycles. The van der Waals surface area contributed by atoms with Gasteiger partial charge < -0.3 is 9.52 Å². The van der Waals surface area contributed by atoms with Crippen LogP contribution in [0.4, 0.5) is 5.69 Å². The van der Waals surface area contributed by atoms with Crippen molar-refractivity contribution in [3.63, 3.8) is 0 Å². The number of aryl methyl sites for hydroxylation is 1. The van der Waals surface area contributed by atoms with Crippen molar-refractivity contribution >= 4 is 16.7 Å². The maximum Gasteiger partial charge on any atom is 0.419 e. The summed E-state index contributed by atoms with van der Waals surface area (Å²) < 4.78 is 4.78. The van der Waals surface area contributed by atoms with Crippen molar-refractivity contribution in [2.24, 2.45) is 0 Å². The smallest absolute Gasteiger partial charge is 0.419 e. The Balaban J connectivity index is 2.88. The Bertz CT molecular complexity index is 659. The van der Waals surface area contributed by atoms with E-state index in [4.69, 9.17) is 4.42 Å². The summed E-state index contributed by atoms with van der Waals surface area (Å²) in [7, 11) is 0. The van der Waals surface area contributed by atoms with Crippen LogP contribution in [0.15, 0.2) is 27.4 Å². The zero-order valence-electron chi connectivity index (χ0n) is 8.97. The van der Waals surface area contributed by atoms with Crippen LogP contribution in [0.5, 0.6) is 5.75 Å². The second kappa shape index (κ2) is 3.89. The summed E-state index contributed by atoms with van der Waals surface area (Å²) in [6.45, 7) is 1.91. The average molecular weight is 235 g/mol. The lowest BCUT2D eigenvalue weighted by molar-refractivity contribution is -0.388. The molecule has 6 heteroatoms. The molecule has 0 spiro atoms. The SMILES string of the molecule is CCc1ccc2oc(=O)c([N+](=O)[O-])c(O)c2c1. The normalized spacial score (nSPS) is 10.6. The minimum Gasteiger partial charge on any atom is -0.501 e. The first-order chi connectivity index (χ1) is 8.04. The molecule has 0 fully saturated rings. The van der Waals surface area contributed by atoms with Crippen LogP contribution in [0.25, 0.3) is 11.0 Å². The molecule has 0 unspecified atom stereocenters. The third-order valence-corrected chi connectivity index (χ3v) is 2.51. The standard InChI is InChI=1S/C11H9NO5/c1-2-6-3-4-8-7(5-6)10(13)9(12(15)16)11(14)17-8/h3-5,13H,2H2,1H3. The number of nitro groups is 1. The molecule has 1 aromatic heterocycles. The number of benzene rings is 1. The van der Waals surface area contributed by atoms with E-state index in [0.717, 1.165) is 5.56 Å². The fourth-order valence-corrected chi connectivity index (χ4v) is 1.60. The average Bonchev–Trinajstić information content (AvgIpc) is 2.28.